The van der Waals surface area contributed by atoms with E-state index in [0.717, 1.165) is 49.9 Å². The van der Waals surface area contributed by atoms with Crippen molar-refractivity contribution in [1.82, 2.24) is 4.90 Å². The van der Waals surface area contributed by atoms with Crippen LogP contribution in [-0.4, -0.2) is 65.3 Å². The topological polar surface area (TPSA) is 119 Å². The van der Waals surface area contributed by atoms with E-state index in [4.69, 9.17) is 10.5 Å². The van der Waals surface area contributed by atoms with Crippen molar-refractivity contribution < 1.29 is 20.1 Å². The molecule has 39 heavy (non-hydrogen) atoms. The number of allylic oxidation sites excluding steroid dienone is 4. The molecule has 2 aliphatic carbocycles. The average molecular weight is 544 g/mol. The Kier molecular flexibility index (Phi) is 18.8. The summed E-state index contributed by atoms with van der Waals surface area (Å²) < 4.78 is 0. The number of carbonyl (C=O) groups excluding carboxylic acids is 1. The molecule has 0 bridgehead atoms. The van der Waals surface area contributed by atoms with Gasteiger partial charge in [0.2, 0.25) is 0 Å². The van der Waals surface area contributed by atoms with Crippen molar-refractivity contribution in [2.24, 2.45) is 11.7 Å². The molecular weight excluding hydrogens is 490 g/mol. The average Bonchev–Trinajstić information content (AvgIpc) is 3.15. The highest BCUT2D eigenvalue weighted by Crippen LogP contribution is 2.39. The van der Waals surface area contributed by atoms with Crippen LogP contribution in [0.15, 0.2) is 65.3 Å². The van der Waals surface area contributed by atoms with Crippen LogP contribution in [0.25, 0.3) is 0 Å². The fraction of sp³-hybridized carbons (Fsp3) is 0.531. The van der Waals surface area contributed by atoms with Crippen LogP contribution in [0.1, 0.15) is 66.4 Å². The number of piperidine rings is 1. The first-order chi connectivity index (χ1) is 18.6. The number of benzene rings is 1. The predicted octanol–water partition coefficient (Wildman–Crippen LogP) is 5.34. The van der Waals surface area contributed by atoms with Crippen LogP contribution >= 0.6 is 0 Å². The largest absolute Gasteiger partial charge is 0.508 e. The number of nitrogens with zero attached hydrogens (tertiary/aromatic N) is 1. The molecule has 7 heteroatoms. The molecule has 0 radical (unpaired) electrons. The van der Waals surface area contributed by atoms with Gasteiger partial charge >= 0.3 is 0 Å². The molecule has 220 valence electrons. The van der Waals surface area contributed by atoms with E-state index < -0.39 is 0 Å². The second-order valence-corrected chi connectivity index (χ2v) is 9.63. The zero-order valence-corrected chi connectivity index (χ0v) is 25.2. The van der Waals surface area contributed by atoms with Gasteiger partial charge in [-0.1, -0.05) is 45.1 Å². The second kappa shape index (κ2) is 20.2. The molecule has 0 aromatic heterocycles. The smallest absolute Gasteiger partial charge is 0.123 e. The first-order valence-corrected chi connectivity index (χ1v) is 14.0. The molecule has 1 heterocycles. The Morgan fingerprint density at radius 1 is 1.21 bits per heavy atom. The lowest BCUT2D eigenvalue weighted by Crippen LogP contribution is -2.36. The normalized spacial score (nSPS) is 20.1. The van der Waals surface area contributed by atoms with Crippen LogP contribution in [0.4, 0.5) is 5.69 Å². The van der Waals surface area contributed by atoms with Crippen LogP contribution in [0.3, 0.4) is 0 Å². The number of aromatic hydroxyl groups is 1. The number of aliphatic hydroxyl groups is 2. The SMILES string of the molecule is C=CCN.CC.CC1=C(C)C(O)C2=C1C=CC(C)C2.CC=O.CN1CCC(Nc2cccc(O)c2CO)CC1. The number of hydrogen-bond donors (Lipinski definition) is 5. The number of hydrogen-bond acceptors (Lipinski definition) is 7. The van der Waals surface area contributed by atoms with Crippen molar-refractivity contribution in [3.8, 4) is 5.75 Å². The van der Waals surface area contributed by atoms with Gasteiger partial charge in [-0.3, -0.25) is 0 Å². The van der Waals surface area contributed by atoms with Crippen LogP contribution in [0, 0.1) is 5.92 Å². The summed E-state index contributed by atoms with van der Waals surface area (Å²) in [6, 6.07) is 5.74. The van der Waals surface area contributed by atoms with Crippen molar-refractivity contribution in [2.45, 2.75) is 79.6 Å². The molecular formula is C32H53N3O4. The molecule has 0 spiro atoms. The van der Waals surface area contributed by atoms with Gasteiger partial charge in [0.1, 0.15) is 12.0 Å². The van der Waals surface area contributed by atoms with Crippen LogP contribution < -0.4 is 11.1 Å². The molecule has 2 unspecified atom stereocenters. The molecule has 0 saturated carbocycles. The number of aliphatic hydroxyl groups excluding tert-OH is 2. The van der Waals surface area contributed by atoms with Crippen LogP contribution in [0.5, 0.6) is 5.75 Å². The quantitative estimate of drug-likeness (QED) is 0.257. The number of phenols is 1. The Morgan fingerprint density at radius 2 is 1.77 bits per heavy atom. The van der Waals surface area contributed by atoms with E-state index in [1.54, 1.807) is 18.2 Å². The molecule has 0 amide bonds. The minimum atomic E-state index is -0.303. The van der Waals surface area contributed by atoms with Gasteiger partial charge in [-0.25, -0.2) is 0 Å². The van der Waals surface area contributed by atoms with Gasteiger partial charge in [-0.15, -0.1) is 6.58 Å². The maximum absolute atomic E-state index is 9.93. The highest BCUT2D eigenvalue weighted by molar-refractivity contribution is 5.57. The van der Waals surface area contributed by atoms with Gasteiger partial charge in [0.05, 0.1) is 12.7 Å². The molecule has 1 aliphatic heterocycles. The maximum Gasteiger partial charge on any atom is 0.123 e. The number of anilines is 1. The van der Waals surface area contributed by atoms with E-state index in [9.17, 15) is 15.3 Å². The highest BCUT2D eigenvalue weighted by Gasteiger charge is 2.28. The van der Waals surface area contributed by atoms with E-state index in [-0.39, 0.29) is 18.5 Å². The summed E-state index contributed by atoms with van der Waals surface area (Å²) in [5.74, 6) is 0.734. The summed E-state index contributed by atoms with van der Waals surface area (Å²) >= 11 is 0. The van der Waals surface area contributed by atoms with E-state index in [0.29, 0.717) is 24.1 Å². The second-order valence-electron chi connectivity index (χ2n) is 9.63. The third-order valence-electron chi connectivity index (χ3n) is 6.77. The Bertz CT molecular complexity index is 960. The molecule has 3 aliphatic rings. The molecule has 1 fully saturated rings. The lowest BCUT2D eigenvalue weighted by molar-refractivity contribution is -0.106. The Labute approximate surface area is 236 Å². The summed E-state index contributed by atoms with van der Waals surface area (Å²) in [5, 5.41) is 32.3. The Hall–Kier alpha value is -2.71. The standard InChI is InChI=1S/C13H20N2O2.C12H16O.C3H7N.C2H4O.C2H6/c1-15-7-5-10(6-8-15)14-12-3-2-4-13(17)11(12)9-16;1-7-4-5-10-8(2)9(3)12(13)11(10)6-7;1-2-3-4;1-2-3;1-2/h2-4,10,14,16-17H,5-9H2,1H3;4-5,7,12-13H,6H2,1-3H3;2H,1,3-4H2;2H,1H3;1-2H3. The Balaban J connectivity index is 0.000000579. The highest BCUT2D eigenvalue weighted by atomic mass is 16.3. The van der Waals surface area contributed by atoms with E-state index in [1.807, 2.05) is 26.8 Å². The van der Waals surface area contributed by atoms with Crippen molar-refractivity contribution in [3.63, 3.8) is 0 Å². The van der Waals surface area contributed by atoms with Crippen molar-refractivity contribution in [3.05, 3.63) is 70.9 Å². The van der Waals surface area contributed by atoms with Gasteiger partial charge in [-0.05, 0) is 101 Å². The van der Waals surface area contributed by atoms with Crippen molar-refractivity contribution in [1.29, 1.82) is 0 Å². The molecule has 2 atom stereocenters. The van der Waals surface area contributed by atoms with Gasteiger partial charge in [0, 0.05) is 23.8 Å². The van der Waals surface area contributed by atoms with E-state index in [1.165, 1.54) is 23.6 Å². The number of carbonyl (C=O) groups is 1. The van der Waals surface area contributed by atoms with Gasteiger partial charge in [0.25, 0.3) is 0 Å². The van der Waals surface area contributed by atoms with Gasteiger partial charge in [0.15, 0.2) is 0 Å². The first-order valence-electron chi connectivity index (χ1n) is 14.0. The molecule has 6 N–H and O–H groups in total. The Morgan fingerprint density at radius 3 is 2.28 bits per heavy atom. The van der Waals surface area contributed by atoms with Crippen molar-refractivity contribution >= 4 is 12.0 Å². The summed E-state index contributed by atoms with van der Waals surface area (Å²) in [4.78, 5) is 11.1. The molecule has 4 rings (SSSR count). The summed E-state index contributed by atoms with van der Waals surface area (Å²) in [5.41, 5.74) is 11.3. The van der Waals surface area contributed by atoms with E-state index >= 15 is 0 Å². The number of rotatable bonds is 4. The monoisotopic (exact) mass is 543 g/mol. The molecule has 1 aromatic carbocycles. The van der Waals surface area contributed by atoms with Crippen LogP contribution in [0.2, 0.25) is 0 Å². The third-order valence-corrected chi connectivity index (χ3v) is 6.77. The minimum Gasteiger partial charge on any atom is -0.508 e. The van der Waals surface area contributed by atoms with Gasteiger partial charge < -0.3 is 36.1 Å². The molecule has 7 nitrogen and oxygen atoms in total. The number of nitrogens with two attached hydrogens (primary N) is 1. The number of likely N-dealkylation sites (tertiary alicyclic amines) is 1. The summed E-state index contributed by atoms with van der Waals surface area (Å²) in [6.07, 6.45) is 9.70. The fourth-order valence-electron chi connectivity index (χ4n) is 4.44. The zero-order chi connectivity index (χ0) is 30.0. The number of aldehydes is 1. The molecule has 1 aromatic rings. The summed E-state index contributed by atoms with van der Waals surface area (Å²) in [6.45, 7) is 17.7. The zero-order valence-electron chi connectivity index (χ0n) is 25.2. The van der Waals surface area contributed by atoms with Gasteiger partial charge in [-0.2, -0.15) is 0 Å². The maximum atomic E-state index is 9.93. The fourth-order valence-corrected chi connectivity index (χ4v) is 4.44. The van der Waals surface area contributed by atoms with E-state index in [2.05, 4.69) is 49.8 Å². The van der Waals surface area contributed by atoms with Crippen LogP contribution in [-0.2, 0) is 11.4 Å². The molecule has 1 saturated heterocycles. The first kappa shape index (κ1) is 36.3. The minimum absolute atomic E-state index is 0.137. The lowest BCUT2D eigenvalue weighted by atomic mass is 9.90. The van der Waals surface area contributed by atoms with Crippen molar-refractivity contribution in [2.75, 3.05) is 32.0 Å². The predicted molar refractivity (Wildman–Crippen MR) is 165 cm³/mol. The number of nitrogens with one attached hydrogen (secondary N) is 1. The summed E-state index contributed by atoms with van der Waals surface area (Å²) in [7, 11) is 2.13. The lowest BCUT2D eigenvalue weighted by Gasteiger charge is -2.30. The third kappa shape index (κ3) is 11.9.